The van der Waals surface area contributed by atoms with Crippen molar-refractivity contribution in [2.75, 3.05) is 5.32 Å². The lowest BCUT2D eigenvalue weighted by Gasteiger charge is -2.25. The molecule has 1 fully saturated rings. The Labute approximate surface area is 144 Å². The summed E-state index contributed by atoms with van der Waals surface area (Å²) in [6.45, 7) is 1.92. The number of amides is 1. The Morgan fingerprint density at radius 1 is 1.39 bits per heavy atom. The molecular weight excluding hydrogens is 356 g/mol. The van der Waals surface area contributed by atoms with Crippen molar-refractivity contribution < 1.29 is 4.79 Å². The van der Waals surface area contributed by atoms with E-state index < -0.39 is 0 Å². The summed E-state index contributed by atoms with van der Waals surface area (Å²) >= 11 is 3.47. The van der Waals surface area contributed by atoms with Crippen LogP contribution in [-0.2, 0) is 4.79 Å². The molecule has 0 bridgehead atoms. The van der Waals surface area contributed by atoms with Gasteiger partial charge in [0.25, 0.3) is 0 Å². The van der Waals surface area contributed by atoms with Crippen LogP contribution in [0.15, 0.2) is 34.8 Å². The number of nitrogens with two attached hydrogens (primary N) is 1. The SMILES string of the molecule is Cc1cc(NC(=O)C2CCCC(N)C2)n(-c2cccc(Br)c2)n1. The van der Waals surface area contributed by atoms with Crippen LogP contribution in [0.3, 0.4) is 0 Å². The summed E-state index contributed by atoms with van der Waals surface area (Å²) in [5.74, 6) is 0.728. The first-order valence-corrected chi connectivity index (χ1v) is 8.71. The van der Waals surface area contributed by atoms with E-state index in [-0.39, 0.29) is 17.9 Å². The maximum atomic E-state index is 12.6. The molecule has 2 atom stereocenters. The number of nitrogens with one attached hydrogen (secondary N) is 1. The number of aryl methyl sites for hydroxylation is 1. The molecule has 3 N–H and O–H groups in total. The minimum atomic E-state index is -0.00934. The molecule has 0 aliphatic heterocycles. The van der Waals surface area contributed by atoms with Gasteiger partial charge in [0.1, 0.15) is 5.82 Å². The molecule has 2 aromatic rings. The van der Waals surface area contributed by atoms with Crippen molar-refractivity contribution in [3.8, 4) is 5.69 Å². The monoisotopic (exact) mass is 376 g/mol. The summed E-state index contributed by atoms with van der Waals surface area (Å²) in [4.78, 5) is 12.6. The van der Waals surface area contributed by atoms with Gasteiger partial charge in [0.2, 0.25) is 5.91 Å². The molecule has 1 aromatic carbocycles. The van der Waals surface area contributed by atoms with Crippen LogP contribution in [-0.4, -0.2) is 21.7 Å². The number of carbonyl (C=O) groups excluding carboxylic acids is 1. The minimum absolute atomic E-state index is 0.00934. The lowest BCUT2D eigenvalue weighted by atomic mass is 9.85. The van der Waals surface area contributed by atoms with E-state index in [0.717, 1.165) is 41.5 Å². The van der Waals surface area contributed by atoms with E-state index >= 15 is 0 Å². The molecule has 1 amide bonds. The van der Waals surface area contributed by atoms with Gasteiger partial charge in [0.05, 0.1) is 11.4 Å². The van der Waals surface area contributed by atoms with E-state index in [1.807, 2.05) is 37.3 Å². The standard InChI is InChI=1S/C17H21BrN4O/c1-11-8-16(20-17(23)12-4-2-6-14(19)9-12)22(21-11)15-7-3-5-13(18)10-15/h3,5,7-8,10,12,14H,2,4,6,9,19H2,1H3,(H,20,23). The number of rotatable bonds is 3. The summed E-state index contributed by atoms with van der Waals surface area (Å²) in [7, 11) is 0. The van der Waals surface area contributed by atoms with Gasteiger partial charge in [-0.2, -0.15) is 5.10 Å². The third kappa shape index (κ3) is 3.82. The van der Waals surface area contributed by atoms with Gasteiger partial charge in [-0.25, -0.2) is 4.68 Å². The van der Waals surface area contributed by atoms with E-state index in [1.165, 1.54) is 0 Å². The van der Waals surface area contributed by atoms with Gasteiger partial charge in [-0.3, -0.25) is 4.79 Å². The second-order valence-electron chi connectivity index (χ2n) is 6.18. The van der Waals surface area contributed by atoms with Crippen LogP contribution in [0.5, 0.6) is 0 Å². The number of hydrogen-bond donors (Lipinski definition) is 2. The highest BCUT2D eigenvalue weighted by atomic mass is 79.9. The number of hydrogen-bond acceptors (Lipinski definition) is 3. The molecule has 0 spiro atoms. The number of anilines is 1. The molecule has 0 saturated heterocycles. The fourth-order valence-corrected chi connectivity index (χ4v) is 3.47. The second-order valence-corrected chi connectivity index (χ2v) is 7.09. The number of carbonyl (C=O) groups is 1. The molecule has 1 heterocycles. The molecule has 6 heteroatoms. The average Bonchev–Trinajstić information content (AvgIpc) is 2.88. The van der Waals surface area contributed by atoms with Crippen LogP contribution < -0.4 is 11.1 Å². The van der Waals surface area contributed by atoms with Gasteiger partial charge in [0, 0.05) is 22.5 Å². The molecule has 1 aliphatic rings. The van der Waals surface area contributed by atoms with Gasteiger partial charge in [0.15, 0.2) is 0 Å². The van der Waals surface area contributed by atoms with Gasteiger partial charge >= 0.3 is 0 Å². The Morgan fingerprint density at radius 2 is 2.22 bits per heavy atom. The van der Waals surface area contributed by atoms with Crippen LogP contribution in [0.1, 0.15) is 31.4 Å². The molecule has 1 saturated carbocycles. The quantitative estimate of drug-likeness (QED) is 0.861. The smallest absolute Gasteiger partial charge is 0.228 e. The minimum Gasteiger partial charge on any atom is -0.328 e. The Morgan fingerprint density at radius 3 is 2.96 bits per heavy atom. The molecule has 1 aromatic heterocycles. The normalized spacial score (nSPS) is 21.2. The first-order chi connectivity index (χ1) is 11.0. The van der Waals surface area contributed by atoms with Crippen molar-refractivity contribution in [3.63, 3.8) is 0 Å². The summed E-state index contributed by atoms with van der Waals surface area (Å²) < 4.78 is 2.74. The molecule has 5 nitrogen and oxygen atoms in total. The Bertz CT molecular complexity index is 712. The predicted molar refractivity (Wildman–Crippen MR) is 94.6 cm³/mol. The fourth-order valence-electron chi connectivity index (χ4n) is 3.09. The zero-order valence-corrected chi connectivity index (χ0v) is 14.7. The van der Waals surface area contributed by atoms with Crippen LogP contribution >= 0.6 is 15.9 Å². The van der Waals surface area contributed by atoms with Crippen LogP contribution in [0.2, 0.25) is 0 Å². The van der Waals surface area contributed by atoms with Crippen molar-refractivity contribution in [2.24, 2.45) is 11.7 Å². The van der Waals surface area contributed by atoms with Gasteiger partial charge in [-0.1, -0.05) is 28.4 Å². The summed E-state index contributed by atoms with van der Waals surface area (Å²) in [6, 6.07) is 9.86. The molecule has 23 heavy (non-hydrogen) atoms. The van der Waals surface area contributed by atoms with Crippen LogP contribution in [0.25, 0.3) is 5.69 Å². The van der Waals surface area contributed by atoms with E-state index in [2.05, 4.69) is 26.3 Å². The van der Waals surface area contributed by atoms with Crippen molar-refractivity contribution in [3.05, 3.63) is 40.5 Å². The maximum absolute atomic E-state index is 12.6. The fraction of sp³-hybridized carbons (Fsp3) is 0.412. The molecule has 122 valence electrons. The first kappa shape index (κ1) is 16.2. The Hall–Kier alpha value is -1.66. The zero-order chi connectivity index (χ0) is 16.4. The van der Waals surface area contributed by atoms with Gasteiger partial charge in [-0.15, -0.1) is 0 Å². The van der Waals surface area contributed by atoms with Crippen molar-refractivity contribution >= 4 is 27.7 Å². The van der Waals surface area contributed by atoms with E-state index in [1.54, 1.807) is 4.68 Å². The summed E-state index contributed by atoms with van der Waals surface area (Å²) in [6.07, 6.45) is 3.70. The number of halogens is 1. The number of benzene rings is 1. The van der Waals surface area contributed by atoms with Crippen molar-refractivity contribution in [1.82, 2.24) is 9.78 Å². The van der Waals surface area contributed by atoms with E-state index in [9.17, 15) is 4.79 Å². The van der Waals surface area contributed by atoms with Crippen LogP contribution in [0, 0.1) is 12.8 Å². The third-order valence-electron chi connectivity index (χ3n) is 4.22. The average molecular weight is 377 g/mol. The Kier molecular flexibility index (Phi) is 4.82. The highest BCUT2D eigenvalue weighted by Crippen LogP contribution is 2.26. The van der Waals surface area contributed by atoms with E-state index in [4.69, 9.17) is 5.73 Å². The summed E-state index contributed by atoms with van der Waals surface area (Å²) in [5, 5.41) is 7.52. The van der Waals surface area contributed by atoms with E-state index in [0.29, 0.717) is 5.82 Å². The first-order valence-electron chi connectivity index (χ1n) is 7.92. The second kappa shape index (κ2) is 6.84. The summed E-state index contributed by atoms with van der Waals surface area (Å²) in [5.41, 5.74) is 7.76. The number of nitrogens with zero attached hydrogens (tertiary/aromatic N) is 2. The van der Waals surface area contributed by atoms with Gasteiger partial charge in [-0.05, 0) is 44.4 Å². The third-order valence-corrected chi connectivity index (χ3v) is 4.71. The van der Waals surface area contributed by atoms with Crippen molar-refractivity contribution in [1.29, 1.82) is 0 Å². The van der Waals surface area contributed by atoms with Gasteiger partial charge < -0.3 is 11.1 Å². The van der Waals surface area contributed by atoms with Crippen LogP contribution in [0.4, 0.5) is 5.82 Å². The predicted octanol–water partition coefficient (Wildman–Crippen LogP) is 3.40. The maximum Gasteiger partial charge on any atom is 0.228 e. The highest BCUT2D eigenvalue weighted by Gasteiger charge is 2.26. The lowest BCUT2D eigenvalue weighted by Crippen LogP contribution is -2.34. The highest BCUT2D eigenvalue weighted by molar-refractivity contribution is 9.10. The van der Waals surface area contributed by atoms with Crippen molar-refractivity contribution in [2.45, 2.75) is 38.6 Å². The largest absolute Gasteiger partial charge is 0.328 e. The molecular formula is C17H21BrN4O. The number of aromatic nitrogens is 2. The lowest BCUT2D eigenvalue weighted by molar-refractivity contribution is -0.120. The molecule has 0 radical (unpaired) electrons. The zero-order valence-electron chi connectivity index (χ0n) is 13.1. The molecule has 1 aliphatic carbocycles. The molecule has 3 rings (SSSR count). The molecule has 2 unspecified atom stereocenters. The Balaban J connectivity index is 1.82. The topological polar surface area (TPSA) is 72.9 Å².